The maximum atomic E-state index is 5.58. The van der Waals surface area contributed by atoms with E-state index in [9.17, 15) is 0 Å². The van der Waals surface area contributed by atoms with Crippen LogP contribution in [0.25, 0.3) is 0 Å². The van der Waals surface area contributed by atoms with Gasteiger partial charge in [-0.25, -0.2) is 0 Å². The topological polar surface area (TPSA) is 21.3 Å². The fourth-order valence-corrected chi connectivity index (χ4v) is 2.29. The Kier molecular flexibility index (Phi) is 2.89. The molecule has 1 aliphatic heterocycles. The monoisotopic (exact) mass is 183 g/mol. The van der Waals surface area contributed by atoms with Crippen LogP contribution in [0.4, 0.5) is 0 Å². The molecule has 0 aromatic heterocycles. The maximum absolute atomic E-state index is 5.58. The number of hydrogen-bond donors (Lipinski definition) is 1. The fourth-order valence-electron chi connectivity index (χ4n) is 2.29. The summed E-state index contributed by atoms with van der Waals surface area (Å²) in [6.07, 6.45) is 8.42. The molecule has 1 unspecified atom stereocenters. The second-order valence-corrected chi connectivity index (χ2v) is 4.76. The largest absolute Gasteiger partial charge is 0.378 e. The quantitative estimate of drug-likeness (QED) is 0.720. The van der Waals surface area contributed by atoms with Gasteiger partial charge in [-0.05, 0) is 52.0 Å². The van der Waals surface area contributed by atoms with Crippen molar-refractivity contribution in [2.45, 2.75) is 57.1 Å². The normalized spacial score (nSPS) is 31.6. The predicted molar refractivity (Wildman–Crippen MR) is 53.8 cm³/mol. The van der Waals surface area contributed by atoms with Crippen LogP contribution in [-0.2, 0) is 4.74 Å². The van der Waals surface area contributed by atoms with E-state index in [1.807, 2.05) is 0 Å². The highest BCUT2D eigenvalue weighted by Crippen LogP contribution is 2.30. The van der Waals surface area contributed by atoms with Crippen molar-refractivity contribution in [3.63, 3.8) is 0 Å². The standard InChI is InChI=1S/C11H21NO/c1-11(6-3-7-11)12-8-5-10-4-2-9-13-10/h10,12H,2-9H2,1H3. The van der Waals surface area contributed by atoms with Crippen LogP contribution in [-0.4, -0.2) is 24.8 Å². The molecule has 0 amide bonds. The van der Waals surface area contributed by atoms with Gasteiger partial charge < -0.3 is 10.1 Å². The Hall–Kier alpha value is -0.0800. The molecule has 76 valence electrons. The number of rotatable bonds is 4. The molecule has 0 bridgehead atoms. The summed E-state index contributed by atoms with van der Waals surface area (Å²) in [6.45, 7) is 4.47. The van der Waals surface area contributed by atoms with Gasteiger partial charge in [-0.3, -0.25) is 0 Å². The minimum Gasteiger partial charge on any atom is -0.378 e. The maximum Gasteiger partial charge on any atom is 0.0588 e. The van der Waals surface area contributed by atoms with E-state index in [1.165, 1.54) is 38.5 Å². The van der Waals surface area contributed by atoms with Crippen LogP contribution >= 0.6 is 0 Å². The number of nitrogens with one attached hydrogen (secondary N) is 1. The van der Waals surface area contributed by atoms with Gasteiger partial charge in [-0.2, -0.15) is 0 Å². The lowest BCUT2D eigenvalue weighted by molar-refractivity contribution is 0.0982. The zero-order valence-corrected chi connectivity index (χ0v) is 8.64. The highest BCUT2D eigenvalue weighted by molar-refractivity contribution is 4.91. The Morgan fingerprint density at radius 1 is 1.38 bits per heavy atom. The molecule has 1 saturated heterocycles. The lowest BCUT2D eigenvalue weighted by Crippen LogP contribution is -2.48. The molecule has 2 nitrogen and oxygen atoms in total. The molecule has 1 saturated carbocycles. The summed E-state index contributed by atoms with van der Waals surface area (Å²) in [5.41, 5.74) is 0.471. The first-order valence-electron chi connectivity index (χ1n) is 5.65. The second kappa shape index (κ2) is 3.97. The zero-order valence-electron chi connectivity index (χ0n) is 8.64. The van der Waals surface area contributed by atoms with E-state index >= 15 is 0 Å². The van der Waals surface area contributed by atoms with Crippen LogP contribution in [0.15, 0.2) is 0 Å². The van der Waals surface area contributed by atoms with Crippen LogP contribution in [0.2, 0.25) is 0 Å². The molecule has 0 aromatic rings. The van der Waals surface area contributed by atoms with Gasteiger partial charge >= 0.3 is 0 Å². The highest BCUT2D eigenvalue weighted by Gasteiger charge is 2.30. The van der Waals surface area contributed by atoms with Crippen molar-refractivity contribution in [3.05, 3.63) is 0 Å². The van der Waals surface area contributed by atoms with E-state index in [0.29, 0.717) is 11.6 Å². The first-order valence-corrected chi connectivity index (χ1v) is 5.65. The molecule has 0 radical (unpaired) electrons. The van der Waals surface area contributed by atoms with Gasteiger partial charge in [0.15, 0.2) is 0 Å². The van der Waals surface area contributed by atoms with Crippen molar-refractivity contribution >= 4 is 0 Å². The van der Waals surface area contributed by atoms with Crippen LogP contribution < -0.4 is 5.32 Å². The number of ether oxygens (including phenoxy) is 1. The third kappa shape index (κ3) is 2.44. The van der Waals surface area contributed by atoms with Gasteiger partial charge in [0.2, 0.25) is 0 Å². The predicted octanol–water partition coefficient (Wildman–Crippen LogP) is 2.09. The average molecular weight is 183 g/mol. The van der Waals surface area contributed by atoms with Crippen molar-refractivity contribution in [2.24, 2.45) is 0 Å². The minimum absolute atomic E-state index is 0.471. The van der Waals surface area contributed by atoms with Gasteiger partial charge in [-0.15, -0.1) is 0 Å². The van der Waals surface area contributed by atoms with Gasteiger partial charge in [-0.1, -0.05) is 0 Å². The van der Waals surface area contributed by atoms with E-state index < -0.39 is 0 Å². The number of hydrogen-bond acceptors (Lipinski definition) is 2. The molecule has 2 rings (SSSR count). The fraction of sp³-hybridized carbons (Fsp3) is 1.00. The summed E-state index contributed by atoms with van der Waals surface area (Å²) in [6, 6.07) is 0. The summed E-state index contributed by atoms with van der Waals surface area (Å²) in [5.74, 6) is 0. The second-order valence-electron chi connectivity index (χ2n) is 4.76. The molecule has 2 fully saturated rings. The molecule has 1 aliphatic carbocycles. The summed E-state index contributed by atoms with van der Waals surface area (Å²) in [7, 11) is 0. The molecule has 1 N–H and O–H groups in total. The molecule has 0 spiro atoms. The molecule has 0 aromatic carbocycles. The van der Waals surface area contributed by atoms with Gasteiger partial charge in [0, 0.05) is 12.1 Å². The molecule has 1 heterocycles. The first kappa shape index (κ1) is 9.47. The lowest BCUT2D eigenvalue weighted by atomic mass is 9.78. The SMILES string of the molecule is CC1(NCCC2CCCO2)CCC1. The van der Waals surface area contributed by atoms with E-state index in [-0.39, 0.29) is 0 Å². The molecule has 1 atom stereocenters. The first-order chi connectivity index (χ1) is 6.29. The van der Waals surface area contributed by atoms with Crippen LogP contribution in [0.1, 0.15) is 45.4 Å². The van der Waals surface area contributed by atoms with Crippen LogP contribution in [0, 0.1) is 0 Å². The Labute approximate surface area is 81.0 Å². The molecule has 2 heteroatoms. The Balaban J connectivity index is 1.57. The van der Waals surface area contributed by atoms with Crippen LogP contribution in [0.3, 0.4) is 0 Å². The van der Waals surface area contributed by atoms with Gasteiger partial charge in [0.05, 0.1) is 6.10 Å². The lowest BCUT2D eigenvalue weighted by Gasteiger charge is -2.39. The molecular weight excluding hydrogens is 162 g/mol. The Bertz CT molecular complexity index is 159. The summed E-state index contributed by atoms with van der Waals surface area (Å²) >= 11 is 0. The third-order valence-electron chi connectivity index (χ3n) is 3.50. The van der Waals surface area contributed by atoms with Crippen molar-refractivity contribution in [1.29, 1.82) is 0 Å². The Morgan fingerprint density at radius 3 is 2.77 bits per heavy atom. The van der Waals surface area contributed by atoms with Gasteiger partial charge in [0.25, 0.3) is 0 Å². The van der Waals surface area contributed by atoms with Crippen LogP contribution in [0.5, 0.6) is 0 Å². The van der Waals surface area contributed by atoms with E-state index in [4.69, 9.17) is 4.74 Å². The smallest absolute Gasteiger partial charge is 0.0588 e. The zero-order chi connectivity index (χ0) is 9.15. The summed E-state index contributed by atoms with van der Waals surface area (Å²) in [5, 5.41) is 3.64. The average Bonchev–Trinajstić information content (AvgIpc) is 2.54. The van der Waals surface area contributed by atoms with E-state index in [0.717, 1.165) is 13.2 Å². The molecule has 2 aliphatic rings. The van der Waals surface area contributed by atoms with E-state index in [1.54, 1.807) is 0 Å². The summed E-state index contributed by atoms with van der Waals surface area (Å²) in [4.78, 5) is 0. The van der Waals surface area contributed by atoms with E-state index in [2.05, 4.69) is 12.2 Å². The van der Waals surface area contributed by atoms with Crippen molar-refractivity contribution < 1.29 is 4.74 Å². The summed E-state index contributed by atoms with van der Waals surface area (Å²) < 4.78 is 5.58. The van der Waals surface area contributed by atoms with Crippen molar-refractivity contribution in [3.8, 4) is 0 Å². The van der Waals surface area contributed by atoms with Gasteiger partial charge in [0.1, 0.15) is 0 Å². The Morgan fingerprint density at radius 2 is 2.23 bits per heavy atom. The minimum atomic E-state index is 0.471. The van der Waals surface area contributed by atoms with Crippen molar-refractivity contribution in [2.75, 3.05) is 13.2 Å². The molecule has 13 heavy (non-hydrogen) atoms. The molecular formula is C11H21NO. The third-order valence-corrected chi connectivity index (χ3v) is 3.50. The highest BCUT2D eigenvalue weighted by atomic mass is 16.5. The van der Waals surface area contributed by atoms with Crippen molar-refractivity contribution in [1.82, 2.24) is 5.32 Å².